The second-order valence-electron chi connectivity index (χ2n) is 8.09. The van der Waals surface area contributed by atoms with Gasteiger partial charge >= 0.3 is 11.9 Å². The summed E-state index contributed by atoms with van der Waals surface area (Å²) in [6, 6.07) is 5.74. The quantitative estimate of drug-likeness (QED) is 0.271. The molecule has 2 aromatic rings. The zero-order valence-corrected chi connectivity index (χ0v) is 19.4. The van der Waals surface area contributed by atoms with Crippen molar-refractivity contribution < 1.29 is 24.6 Å². The zero-order chi connectivity index (χ0) is 25.5. The molecule has 0 aliphatic carbocycles. The molecule has 0 spiro atoms. The lowest BCUT2D eigenvalue weighted by Gasteiger charge is -2.38. The van der Waals surface area contributed by atoms with E-state index in [1.54, 1.807) is 19.2 Å². The fraction of sp³-hybridized carbons (Fsp3) is 0.409. The lowest BCUT2D eigenvalue weighted by molar-refractivity contribution is -0.140. The number of piperazine rings is 1. The molecule has 1 aliphatic rings. The minimum atomic E-state index is -1.20. The molecule has 188 valence electrons. The summed E-state index contributed by atoms with van der Waals surface area (Å²) >= 11 is 0. The summed E-state index contributed by atoms with van der Waals surface area (Å²) in [5.41, 5.74) is 13.7. The van der Waals surface area contributed by atoms with Gasteiger partial charge in [-0.05, 0) is 37.1 Å². The van der Waals surface area contributed by atoms with E-state index >= 15 is 0 Å². The predicted octanol–water partition coefficient (Wildman–Crippen LogP) is 0.447. The van der Waals surface area contributed by atoms with Crippen molar-refractivity contribution in [3.8, 4) is 0 Å². The topological polar surface area (TPSA) is 200 Å². The third-order valence-electron chi connectivity index (χ3n) is 5.74. The number of anilines is 5. The van der Waals surface area contributed by atoms with Crippen LogP contribution in [0.5, 0.6) is 0 Å². The second kappa shape index (κ2) is 11.2. The molecule has 1 fully saturated rings. The molecule has 8 N–H and O–H groups in total. The summed E-state index contributed by atoms with van der Waals surface area (Å²) in [5, 5.41) is 23.5. The van der Waals surface area contributed by atoms with Gasteiger partial charge in [-0.3, -0.25) is 9.59 Å². The molecule has 1 aliphatic heterocycles. The Morgan fingerprint density at radius 2 is 1.66 bits per heavy atom. The van der Waals surface area contributed by atoms with Crippen LogP contribution in [0.15, 0.2) is 24.3 Å². The number of carbonyl (C=O) groups is 3. The van der Waals surface area contributed by atoms with Crippen LogP contribution in [0.3, 0.4) is 0 Å². The molecule has 0 bridgehead atoms. The average Bonchev–Trinajstić information content (AvgIpc) is 2.82. The lowest BCUT2D eigenvalue weighted by atomic mass is 10.1. The van der Waals surface area contributed by atoms with E-state index in [4.69, 9.17) is 16.6 Å². The summed E-state index contributed by atoms with van der Waals surface area (Å²) < 4.78 is 0. The maximum atomic E-state index is 12.5. The number of carbonyl (C=O) groups excluding carboxylic acids is 1. The van der Waals surface area contributed by atoms with E-state index in [1.807, 2.05) is 12.1 Å². The number of carboxylic acids is 2. The molecule has 3 rings (SSSR count). The minimum Gasteiger partial charge on any atom is -0.481 e. The summed E-state index contributed by atoms with van der Waals surface area (Å²) in [6.07, 6.45) is 0.0336. The predicted molar refractivity (Wildman–Crippen MR) is 132 cm³/mol. The maximum Gasteiger partial charge on any atom is 0.326 e. The summed E-state index contributed by atoms with van der Waals surface area (Å²) in [6.45, 7) is 2.74. The molecule has 2 heterocycles. The molecule has 13 nitrogen and oxygen atoms in total. The van der Waals surface area contributed by atoms with Crippen LogP contribution in [0, 0.1) is 0 Å². The van der Waals surface area contributed by atoms with Crippen molar-refractivity contribution in [1.29, 1.82) is 0 Å². The van der Waals surface area contributed by atoms with Crippen molar-refractivity contribution >= 4 is 46.8 Å². The highest BCUT2D eigenvalue weighted by atomic mass is 16.4. The monoisotopic (exact) mass is 486 g/mol. The normalized spacial score (nSPS) is 14.3. The second-order valence-corrected chi connectivity index (χ2v) is 8.09. The molecule has 0 radical (unpaired) electrons. The van der Waals surface area contributed by atoms with E-state index < -0.39 is 23.9 Å². The van der Waals surface area contributed by atoms with Crippen LogP contribution in [0.2, 0.25) is 0 Å². The van der Waals surface area contributed by atoms with E-state index in [2.05, 4.69) is 30.4 Å². The Morgan fingerprint density at radius 1 is 1.03 bits per heavy atom. The number of amides is 1. The van der Waals surface area contributed by atoms with Crippen LogP contribution in [0.4, 0.5) is 29.0 Å². The SMILES string of the molecule is CNc1nc(N)nc(N)c1N1CCN(c2ccc(C(=O)N[C@H](CCCC(=O)O)C(=O)O)cc2)CC1. The largest absolute Gasteiger partial charge is 0.481 e. The molecule has 0 unspecified atom stereocenters. The number of hydrogen-bond donors (Lipinski definition) is 6. The number of nitrogens with one attached hydrogen (secondary N) is 2. The van der Waals surface area contributed by atoms with Crippen molar-refractivity contribution in [2.75, 3.05) is 59.8 Å². The van der Waals surface area contributed by atoms with Gasteiger partial charge in [0.05, 0.1) is 0 Å². The number of aliphatic carboxylic acids is 2. The van der Waals surface area contributed by atoms with Crippen LogP contribution >= 0.6 is 0 Å². The number of rotatable bonds is 10. The number of hydrogen-bond acceptors (Lipinski definition) is 10. The highest BCUT2D eigenvalue weighted by Crippen LogP contribution is 2.31. The van der Waals surface area contributed by atoms with Gasteiger partial charge in [-0.2, -0.15) is 9.97 Å². The third-order valence-corrected chi connectivity index (χ3v) is 5.74. The molecule has 1 saturated heterocycles. The number of nitrogen functional groups attached to an aromatic ring is 2. The van der Waals surface area contributed by atoms with E-state index in [0.29, 0.717) is 49.1 Å². The lowest BCUT2D eigenvalue weighted by Crippen LogP contribution is -2.47. The minimum absolute atomic E-state index is 0.0363. The molecular formula is C22H30N8O5. The number of benzene rings is 1. The molecule has 1 atom stereocenters. The molecule has 1 aromatic heterocycles. The Hall–Kier alpha value is -4.29. The molecule has 35 heavy (non-hydrogen) atoms. The first-order valence-electron chi connectivity index (χ1n) is 11.2. The Balaban J connectivity index is 1.59. The maximum absolute atomic E-state index is 12.5. The number of carboxylic acid groups (broad SMARTS) is 2. The van der Waals surface area contributed by atoms with E-state index in [0.717, 1.165) is 5.69 Å². The van der Waals surface area contributed by atoms with Crippen molar-refractivity contribution in [1.82, 2.24) is 15.3 Å². The highest BCUT2D eigenvalue weighted by Gasteiger charge is 2.24. The van der Waals surface area contributed by atoms with Gasteiger partial charge < -0.3 is 42.1 Å². The first-order valence-corrected chi connectivity index (χ1v) is 11.2. The molecule has 0 saturated carbocycles. The van der Waals surface area contributed by atoms with Crippen LogP contribution in [0.25, 0.3) is 0 Å². The average molecular weight is 487 g/mol. The van der Waals surface area contributed by atoms with Gasteiger partial charge in [0.1, 0.15) is 11.7 Å². The van der Waals surface area contributed by atoms with Crippen LogP contribution in [-0.4, -0.2) is 77.3 Å². The number of nitrogens with two attached hydrogens (primary N) is 2. The molecular weight excluding hydrogens is 456 g/mol. The number of aromatic nitrogens is 2. The fourth-order valence-electron chi connectivity index (χ4n) is 3.94. The van der Waals surface area contributed by atoms with Crippen molar-refractivity contribution in [2.45, 2.75) is 25.3 Å². The Morgan fingerprint density at radius 3 is 2.23 bits per heavy atom. The Bertz CT molecular complexity index is 1070. The molecule has 1 amide bonds. The van der Waals surface area contributed by atoms with E-state index in [1.165, 1.54) is 0 Å². The van der Waals surface area contributed by atoms with E-state index in [9.17, 15) is 19.5 Å². The van der Waals surface area contributed by atoms with Gasteiger partial charge in [-0.15, -0.1) is 0 Å². The van der Waals surface area contributed by atoms with Crippen molar-refractivity contribution in [3.63, 3.8) is 0 Å². The van der Waals surface area contributed by atoms with Crippen molar-refractivity contribution in [2.24, 2.45) is 0 Å². The van der Waals surface area contributed by atoms with E-state index in [-0.39, 0.29) is 25.2 Å². The third kappa shape index (κ3) is 6.40. The van der Waals surface area contributed by atoms with Gasteiger partial charge in [-0.25, -0.2) is 4.79 Å². The van der Waals surface area contributed by atoms with Crippen LogP contribution in [0.1, 0.15) is 29.6 Å². The van der Waals surface area contributed by atoms with Gasteiger partial charge in [-0.1, -0.05) is 0 Å². The Labute approximate surface area is 202 Å². The van der Waals surface area contributed by atoms with Gasteiger partial charge in [0, 0.05) is 50.9 Å². The van der Waals surface area contributed by atoms with Gasteiger partial charge in [0.25, 0.3) is 5.91 Å². The van der Waals surface area contributed by atoms with Gasteiger partial charge in [0.2, 0.25) is 5.95 Å². The summed E-state index contributed by atoms with van der Waals surface area (Å²) in [5.74, 6) is -1.75. The highest BCUT2D eigenvalue weighted by molar-refractivity contribution is 5.96. The fourth-order valence-corrected chi connectivity index (χ4v) is 3.94. The summed E-state index contributed by atoms with van der Waals surface area (Å²) in [7, 11) is 1.74. The first-order chi connectivity index (χ1) is 16.7. The Kier molecular flexibility index (Phi) is 8.12. The molecule has 13 heteroatoms. The molecule has 1 aromatic carbocycles. The number of nitrogens with zero attached hydrogens (tertiary/aromatic N) is 4. The van der Waals surface area contributed by atoms with Crippen molar-refractivity contribution in [3.05, 3.63) is 29.8 Å². The first kappa shape index (κ1) is 25.3. The van der Waals surface area contributed by atoms with Crippen LogP contribution < -0.4 is 31.9 Å². The van der Waals surface area contributed by atoms with Gasteiger partial charge in [0.15, 0.2) is 11.6 Å². The standard InChI is InChI=1S/C22H30N8O5/c1-25-19-17(18(23)27-22(24)28-19)30-11-9-29(10-12-30)14-7-5-13(6-8-14)20(33)26-15(21(34)35)3-2-4-16(31)32/h5-8,15H,2-4,9-12H2,1H3,(H,26,33)(H,31,32)(H,34,35)(H5,23,24,25,27,28)/t15-/m1/s1. The zero-order valence-electron chi connectivity index (χ0n) is 19.4. The summed E-state index contributed by atoms with van der Waals surface area (Å²) in [4.78, 5) is 47.1. The smallest absolute Gasteiger partial charge is 0.326 e. The van der Waals surface area contributed by atoms with Crippen LogP contribution in [-0.2, 0) is 9.59 Å².